The number of halogens is 1. The fourth-order valence-corrected chi connectivity index (χ4v) is 1.92. The second-order valence-corrected chi connectivity index (χ2v) is 4.58. The summed E-state index contributed by atoms with van der Waals surface area (Å²) in [4.78, 5) is 22.4. The van der Waals surface area contributed by atoms with Gasteiger partial charge in [-0.15, -0.1) is 0 Å². The van der Waals surface area contributed by atoms with Crippen molar-refractivity contribution in [1.29, 1.82) is 0 Å². The van der Waals surface area contributed by atoms with E-state index < -0.39 is 0 Å². The van der Waals surface area contributed by atoms with Crippen LogP contribution in [0.15, 0.2) is 45.7 Å². The molecule has 0 aliphatic rings. The first-order valence-corrected chi connectivity index (χ1v) is 5.84. The molecule has 1 aromatic heterocycles. The highest BCUT2D eigenvalue weighted by Gasteiger charge is 2.06. The molecular formula is C13H10BrNO2. The minimum atomic E-state index is -0.277. The first-order chi connectivity index (χ1) is 8.13. The zero-order valence-electron chi connectivity index (χ0n) is 9.18. The lowest BCUT2D eigenvalue weighted by Gasteiger charge is -2.08. The molecule has 0 saturated carbocycles. The first-order valence-electron chi connectivity index (χ1n) is 5.04. The molecule has 0 aliphatic heterocycles. The molecule has 86 valence electrons. The SMILES string of the molecule is Cn1c(-c2ccc(Br)cc2)ccc(C=O)c1=O. The minimum absolute atomic E-state index is 0.174. The molecular weight excluding hydrogens is 282 g/mol. The third kappa shape index (κ3) is 2.22. The van der Waals surface area contributed by atoms with Gasteiger partial charge < -0.3 is 4.57 Å². The molecule has 4 heteroatoms. The van der Waals surface area contributed by atoms with Crippen molar-refractivity contribution in [3.63, 3.8) is 0 Å². The Kier molecular flexibility index (Phi) is 3.24. The average Bonchev–Trinajstić information content (AvgIpc) is 2.34. The second-order valence-electron chi connectivity index (χ2n) is 3.66. The van der Waals surface area contributed by atoms with E-state index >= 15 is 0 Å². The molecule has 0 unspecified atom stereocenters. The number of pyridine rings is 1. The van der Waals surface area contributed by atoms with Crippen molar-refractivity contribution in [2.75, 3.05) is 0 Å². The van der Waals surface area contributed by atoms with Crippen molar-refractivity contribution < 1.29 is 4.79 Å². The summed E-state index contributed by atoms with van der Waals surface area (Å²) in [6, 6.07) is 11.0. The van der Waals surface area contributed by atoms with Crippen LogP contribution in [0, 0.1) is 0 Å². The van der Waals surface area contributed by atoms with E-state index in [-0.39, 0.29) is 11.1 Å². The van der Waals surface area contributed by atoms with E-state index in [2.05, 4.69) is 15.9 Å². The molecule has 0 bridgehead atoms. The lowest BCUT2D eigenvalue weighted by molar-refractivity contribution is 0.112. The van der Waals surface area contributed by atoms with Gasteiger partial charge in [0.1, 0.15) is 0 Å². The van der Waals surface area contributed by atoms with Crippen LogP contribution in [0.4, 0.5) is 0 Å². The molecule has 0 N–H and O–H groups in total. The van der Waals surface area contributed by atoms with Gasteiger partial charge in [0.05, 0.1) is 11.3 Å². The number of carbonyl (C=O) groups excluding carboxylic acids is 1. The van der Waals surface area contributed by atoms with Gasteiger partial charge >= 0.3 is 0 Å². The first kappa shape index (κ1) is 11.8. The predicted octanol–water partition coefficient (Wildman–Crippen LogP) is 2.63. The highest BCUT2D eigenvalue weighted by molar-refractivity contribution is 9.10. The van der Waals surface area contributed by atoms with Crippen LogP contribution in [-0.4, -0.2) is 10.9 Å². The van der Waals surface area contributed by atoms with E-state index in [9.17, 15) is 9.59 Å². The fraction of sp³-hybridized carbons (Fsp3) is 0.0769. The Morgan fingerprint density at radius 2 is 1.76 bits per heavy atom. The monoisotopic (exact) mass is 291 g/mol. The smallest absolute Gasteiger partial charge is 0.261 e. The van der Waals surface area contributed by atoms with E-state index in [1.807, 2.05) is 24.3 Å². The van der Waals surface area contributed by atoms with E-state index in [4.69, 9.17) is 0 Å². The molecule has 1 heterocycles. The van der Waals surface area contributed by atoms with Crippen molar-refractivity contribution in [3.8, 4) is 11.3 Å². The van der Waals surface area contributed by atoms with E-state index in [0.717, 1.165) is 15.7 Å². The molecule has 0 radical (unpaired) electrons. The van der Waals surface area contributed by atoms with Gasteiger partial charge in [-0.05, 0) is 29.8 Å². The third-order valence-corrected chi connectivity index (χ3v) is 3.13. The van der Waals surface area contributed by atoms with Gasteiger partial charge in [-0.2, -0.15) is 0 Å². The molecule has 0 amide bonds. The van der Waals surface area contributed by atoms with E-state index in [0.29, 0.717) is 6.29 Å². The number of carbonyl (C=O) groups is 1. The molecule has 0 saturated heterocycles. The minimum Gasteiger partial charge on any atom is -0.311 e. The lowest BCUT2D eigenvalue weighted by Crippen LogP contribution is -2.21. The van der Waals surface area contributed by atoms with Crippen molar-refractivity contribution in [3.05, 3.63) is 56.8 Å². The fourth-order valence-electron chi connectivity index (χ4n) is 1.66. The zero-order valence-corrected chi connectivity index (χ0v) is 10.8. The molecule has 3 nitrogen and oxygen atoms in total. The average molecular weight is 292 g/mol. The standard InChI is InChI=1S/C13H10BrNO2/c1-15-12(7-4-10(8-16)13(15)17)9-2-5-11(14)6-3-9/h2-8H,1H3. The van der Waals surface area contributed by atoms with Gasteiger partial charge in [0.2, 0.25) is 0 Å². The van der Waals surface area contributed by atoms with Crippen molar-refractivity contribution in [2.24, 2.45) is 7.05 Å². The summed E-state index contributed by atoms with van der Waals surface area (Å²) in [5.41, 5.74) is 1.62. The van der Waals surface area contributed by atoms with Crippen LogP contribution in [0.3, 0.4) is 0 Å². The van der Waals surface area contributed by atoms with E-state index in [1.165, 1.54) is 4.57 Å². The summed E-state index contributed by atoms with van der Waals surface area (Å²) in [5.74, 6) is 0. The Labute approximate surface area is 107 Å². The van der Waals surface area contributed by atoms with Gasteiger partial charge in [0.25, 0.3) is 5.56 Å². The highest BCUT2D eigenvalue weighted by atomic mass is 79.9. The summed E-state index contributed by atoms with van der Waals surface area (Å²) in [7, 11) is 1.66. The number of hydrogen-bond acceptors (Lipinski definition) is 2. The van der Waals surface area contributed by atoms with Crippen LogP contribution < -0.4 is 5.56 Å². The van der Waals surface area contributed by atoms with Gasteiger partial charge in [-0.3, -0.25) is 9.59 Å². The molecule has 0 fully saturated rings. The Morgan fingerprint density at radius 3 is 2.35 bits per heavy atom. The number of aldehydes is 1. The van der Waals surface area contributed by atoms with Gasteiger partial charge in [0.15, 0.2) is 6.29 Å². The van der Waals surface area contributed by atoms with Crippen LogP contribution in [-0.2, 0) is 7.05 Å². The summed E-state index contributed by atoms with van der Waals surface area (Å²) in [6.07, 6.45) is 0.577. The van der Waals surface area contributed by atoms with Crippen LogP contribution in [0.5, 0.6) is 0 Å². The summed E-state index contributed by atoms with van der Waals surface area (Å²) < 4.78 is 2.46. The molecule has 0 atom stereocenters. The van der Waals surface area contributed by atoms with Gasteiger partial charge in [0, 0.05) is 11.5 Å². The van der Waals surface area contributed by atoms with Crippen LogP contribution >= 0.6 is 15.9 Å². The molecule has 0 aliphatic carbocycles. The largest absolute Gasteiger partial charge is 0.311 e. The number of nitrogens with zero attached hydrogens (tertiary/aromatic N) is 1. The van der Waals surface area contributed by atoms with E-state index in [1.54, 1.807) is 19.2 Å². The van der Waals surface area contributed by atoms with Crippen molar-refractivity contribution in [1.82, 2.24) is 4.57 Å². The van der Waals surface area contributed by atoms with Crippen molar-refractivity contribution in [2.45, 2.75) is 0 Å². The Hall–Kier alpha value is -1.68. The summed E-state index contributed by atoms with van der Waals surface area (Å²) in [5, 5.41) is 0. The van der Waals surface area contributed by atoms with Gasteiger partial charge in [-0.25, -0.2) is 0 Å². The maximum Gasteiger partial charge on any atom is 0.261 e. The number of aromatic nitrogens is 1. The molecule has 2 rings (SSSR count). The van der Waals surface area contributed by atoms with Crippen LogP contribution in [0.1, 0.15) is 10.4 Å². The maximum absolute atomic E-state index is 11.8. The zero-order chi connectivity index (χ0) is 12.4. The topological polar surface area (TPSA) is 39.1 Å². The highest BCUT2D eigenvalue weighted by Crippen LogP contribution is 2.20. The summed E-state index contributed by atoms with van der Waals surface area (Å²) >= 11 is 3.36. The molecule has 1 aromatic carbocycles. The Morgan fingerprint density at radius 1 is 1.12 bits per heavy atom. The predicted molar refractivity (Wildman–Crippen MR) is 70.2 cm³/mol. The molecule has 2 aromatic rings. The van der Waals surface area contributed by atoms with Crippen LogP contribution in [0.25, 0.3) is 11.3 Å². The van der Waals surface area contributed by atoms with Crippen molar-refractivity contribution >= 4 is 22.2 Å². The normalized spacial score (nSPS) is 10.2. The second kappa shape index (κ2) is 4.67. The third-order valence-electron chi connectivity index (χ3n) is 2.60. The Balaban J connectivity index is 2.61. The maximum atomic E-state index is 11.8. The number of rotatable bonds is 2. The number of hydrogen-bond donors (Lipinski definition) is 0. The Bertz CT molecular complexity index is 614. The number of benzene rings is 1. The lowest BCUT2D eigenvalue weighted by atomic mass is 10.1. The van der Waals surface area contributed by atoms with Gasteiger partial charge in [-0.1, -0.05) is 28.1 Å². The molecule has 17 heavy (non-hydrogen) atoms. The quantitative estimate of drug-likeness (QED) is 0.798. The molecule has 0 spiro atoms. The van der Waals surface area contributed by atoms with Crippen LogP contribution in [0.2, 0.25) is 0 Å². The summed E-state index contributed by atoms with van der Waals surface area (Å²) in [6.45, 7) is 0.